The molecule has 0 spiro atoms. The van der Waals surface area contributed by atoms with Crippen LogP contribution < -0.4 is 0 Å². The SMILES string of the molecule is c1ccc(-c2nc(CSc3nnc(-c4c[nH]c5ccccc45)n3C3CC3)co2)cc1. The third-order valence-corrected chi connectivity index (χ3v) is 6.30. The second kappa shape index (κ2) is 7.18. The number of hydrogen-bond donors (Lipinski definition) is 1. The Kier molecular flexibility index (Phi) is 4.19. The Hall–Kier alpha value is -3.32. The molecule has 30 heavy (non-hydrogen) atoms. The molecule has 0 bridgehead atoms. The predicted octanol–water partition coefficient (Wildman–Crippen LogP) is 5.71. The molecular formula is C23H19N5OS. The van der Waals surface area contributed by atoms with Crippen molar-refractivity contribution in [1.29, 1.82) is 0 Å². The van der Waals surface area contributed by atoms with Gasteiger partial charge in [0.1, 0.15) is 6.26 Å². The molecule has 3 heterocycles. The Balaban J connectivity index is 1.28. The third kappa shape index (κ3) is 3.11. The second-order valence-corrected chi connectivity index (χ2v) is 8.40. The zero-order valence-corrected chi connectivity index (χ0v) is 17.0. The summed E-state index contributed by atoms with van der Waals surface area (Å²) in [6.45, 7) is 0. The average Bonchev–Trinajstić information content (AvgIpc) is 3.19. The number of benzene rings is 2. The van der Waals surface area contributed by atoms with Gasteiger partial charge in [0.25, 0.3) is 0 Å². The van der Waals surface area contributed by atoms with Crippen molar-refractivity contribution in [3.8, 4) is 22.8 Å². The Bertz CT molecular complexity index is 1320. The number of fused-ring (bicyclic) bond motifs is 1. The molecule has 1 fully saturated rings. The van der Waals surface area contributed by atoms with Gasteiger partial charge in [-0.1, -0.05) is 48.2 Å². The van der Waals surface area contributed by atoms with E-state index in [0.29, 0.717) is 17.7 Å². The summed E-state index contributed by atoms with van der Waals surface area (Å²) in [5, 5.41) is 11.2. The molecule has 1 saturated carbocycles. The highest BCUT2D eigenvalue weighted by atomic mass is 32.2. The minimum Gasteiger partial charge on any atom is -0.444 e. The molecule has 0 atom stereocenters. The Morgan fingerprint density at radius 1 is 1.03 bits per heavy atom. The van der Waals surface area contributed by atoms with Gasteiger partial charge in [-0.05, 0) is 31.0 Å². The molecule has 5 aromatic rings. The quantitative estimate of drug-likeness (QED) is 0.361. The molecule has 6 rings (SSSR count). The molecular weight excluding hydrogens is 394 g/mol. The van der Waals surface area contributed by atoms with Gasteiger partial charge in [-0.15, -0.1) is 10.2 Å². The molecule has 1 aliphatic rings. The summed E-state index contributed by atoms with van der Waals surface area (Å²) in [4.78, 5) is 7.98. The topological polar surface area (TPSA) is 72.5 Å². The van der Waals surface area contributed by atoms with E-state index in [2.05, 4.69) is 42.9 Å². The first-order valence-corrected chi connectivity index (χ1v) is 11.0. The zero-order chi connectivity index (χ0) is 19.9. The minimum absolute atomic E-state index is 0.475. The lowest BCUT2D eigenvalue weighted by Crippen LogP contribution is -1.99. The Morgan fingerprint density at radius 2 is 1.87 bits per heavy atom. The van der Waals surface area contributed by atoms with Gasteiger partial charge in [0.15, 0.2) is 11.0 Å². The van der Waals surface area contributed by atoms with Crippen LogP contribution in [-0.2, 0) is 5.75 Å². The lowest BCUT2D eigenvalue weighted by molar-refractivity contribution is 0.573. The highest BCUT2D eigenvalue weighted by molar-refractivity contribution is 7.98. The highest BCUT2D eigenvalue weighted by Gasteiger charge is 2.31. The van der Waals surface area contributed by atoms with Crippen LogP contribution in [0.15, 0.2) is 76.6 Å². The van der Waals surface area contributed by atoms with E-state index in [1.807, 2.05) is 42.6 Å². The van der Waals surface area contributed by atoms with Crippen LogP contribution in [0.4, 0.5) is 0 Å². The summed E-state index contributed by atoms with van der Waals surface area (Å²) in [7, 11) is 0. The maximum atomic E-state index is 5.67. The van der Waals surface area contributed by atoms with Crippen molar-refractivity contribution in [1.82, 2.24) is 24.7 Å². The van der Waals surface area contributed by atoms with Gasteiger partial charge in [0.2, 0.25) is 5.89 Å². The van der Waals surface area contributed by atoms with Crippen LogP contribution in [0.3, 0.4) is 0 Å². The second-order valence-electron chi connectivity index (χ2n) is 7.45. The van der Waals surface area contributed by atoms with Crippen LogP contribution in [0, 0.1) is 0 Å². The van der Waals surface area contributed by atoms with Gasteiger partial charge in [0.05, 0.1) is 5.69 Å². The van der Waals surface area contributed by atoms with E-state index < -0.39 is 0 Å². The van der Waals surface area contributed by atoms with Gasteiger partial charge in [-0.25, -0.2) is 4.98 Å². The molecule has 3 aromatic heterocycles. The van der Waals surface area contributed by atoms with E-state index in [-0.39, 0.29) is 0 Å². The first-order valence-electron chi connectivity index (χ1n) is 10.0. The third-order valence-electron chi connectivity index (χ3n) is 5.33. The monoisotopic (exact) mass is 413 g/mol. The number of H-pyrrole nitrogens is 1. The van der Waals surface area contributed by atoms with Crippen molar-refractivity contribution in [2.24, 2.45) is 0 Å². The van der Waals surface area contributed by atoms with Crippen LogP contribution >= 0.6 is 11.8 Å². The molecule has 0 unspecified atom stereocenters. The van der Waals surface area contributed by atoms with E-state index in [9.17, 15) is 0 Å². The smallest absolute Gasteiger partial charge is 0.226 e. The number of thioether (sulfide) groups is 1. The average molecular weight is 414 g/mol. The molecule has 0 radical (unpaired) electrons. The van der Waals surface area contributed by atoms with Gasteiger partial charge < -0.3 is 9.40 Å². The summed E-state index contributed by atoms with van der Waals surface area (Å²) in [6.07, 6.45) is 6.10. The zero-order valence-electron chi connectivity index (χ0n) is 16.2. The lowest BCUT2D eigenvalue weighted by atomic mass is 10.1. The molecule has 7 heteroatoms. The molecule has 148 valence electrons. The van der Waals surface area contributed by atoms with Crippen molar-refractivity contribution in [2.75, 3.05) is 0 Å². The van der Waals surface area contributed by atoms with Crippen molar-refractivity contribution in [3.05, 3.63) is 72.8 Å². The van der Waals surface area contributed by atoms with Crippen molar-refractivity contribution in [3.63, 3.8) is 0 Å². The summed E-state index contributed by atoms with van der Waals surface area (Å²) in [5.74, 6) is 2.27. The number of nitrogens with zero attached hydrogens (tertiary/aromatic N) is 4. The first kappa shape index (κ1) is 17.5. The Morgan fingerprint density at radius 3 is 2.73 bits per heavy atom. The van der Waals surface area contributed by atoms with Crippen LogP contribution in [0.1, 0.15) is 24.6 Å². The predicted molar refractivity (Wildman–Crippen MR) is 117 cm³/mol. The molecule has 0 amide bonds. The van der Waals surface area contributed by atoms with Crippen LogP contribution in [0.5, 0.6) is 0 Å². The number of aromatic amines is 1. The molecule has 0 saturated heterocycles. The summed E-state index contributed by atoms with van der Waals surface area (Å²) >= 11 is 1.66. The first-order chi connectivity index (χ1) is 14.9. The van der Waals surface area contributed by atoms with Gasteiger partial charge in [0, 0.05) is 40.0 Å². The number of rotatable bonds is 6. The van der Waals surface area contributed by atoms with Crippen molar-refractivity contribution < 1.29 is 4.42 Å². The normalized spacial score (nSPS) is 13.9. The molecule has 1 N–H and O–H groups in total. The summed E-state index contributed by atoms with van der Waals surface area (Å²) < 4.78 is 7.96. The fraction of sp³-hybridized carbons (Fsp3) is 0.174. The fourth-order valence-corrected chi connectivity index (χ4v) is 4.59. The lowest BCUT2D eigenvalue weighted by Gasteiger charge is -2.07. The maximum Gasteiger partial charge on any atom is 0.226 e. The van der Waals surface area contributed by atoms with Gasteiger partial charge in [-0.2, -0.15) is 0 Å². The fourth-order valence-electron chi connectivity index (χ4n) is 3.70. The minimum atomic E-state index is 0.475. The van der Waals surface area contributed by atoms with Crippen LogP contribution in [-0.4, -0.2) is 24.7 Å². The molecule has 2 aromatic carbocycles. The van der Waals surface area contributed by atoms with Crippen LogP contribution in [0.25, 0.3) is 33.7 Å². The van der Waals surface area contributed by atoms with E-state index >= 15 is 0 Å². The van der Waals surface area contributed by atoms with Crippen molar-refractivity contribution in [2.45, 2.75) is 29.8 Å². The highest BCUT2D eigenvalue weighted by Crippen LogP contribution is 2.42. The van der Waals surface area contributed by atoms with Gasteiger partial charge in [-0.3, -0.25) is 4.57 Å². The van der Waals surface area contributed by atoms with Crippen molar-refractivity contribution >= 4 is 22.7 Å². The number of nitrogens with one attached hydrogen (secondary N) is 1. The maximum absolute atomic E-state index is 5.67. The molecule has 0 aliphatic heterocycles. The number of oxazole rings is 1. The number of aromatic nitrogens is 5. The van der Waals surface area contributed by atoms with E-state index in [0.717, 1.165) is 33.3 Å². The largest absolute Gasteiger partial charge is 0.444 e. The summed E-state index contributed by atoms with van der Waals surface area (Å²) in [5.41, 5.74) is 4.10. The number of hydrogen-bond acceptors (Lipinski definition) is 5. The standard InChI is InChI=1S/C23H19N5OS/c1-2-6-15(7-3-1)22-25-16(13-29-22)14-30-23-27-26-21(28(23)17-10-11-17)19-12-24-20-9-5-4-8-18(19)20/h1-9,12-13,17,24H,10-11,14H2. The molecule has 6 nitrogen and oxygen atoms in total. The van der Waals surface area contributed by atoms with E-state index in [1.54, 1.807) is 18.0 Å². The Labute approximate surface area is 177 Å². The van der Waals surface area contributed by atoms with Crippen LogP contribution in [0.2, 0.25) is 0 Å². The summed E-state index contributed by atoms with van der Waals surface area (Å²) in [6, 6.07) is 18.7. The number of para-hydroxylation sites is 1. The molecule has 1 aliphatic carbocycles. The van der Waals surface area contributed by atoms with Gasteiger partial charge >= 0.3 is 0 Å². The van der Waals surface area contributed by atoms with E-state index in [1.165, 1.54) is 18.2 Å². The van der Waals surface area contributed by atoms with E-state index in [4.69, 9.17) is 4.42 Å².